The zero-order valence-electron chi connectivity index (χ0n) is 7.77. The number of esters is 1. The molecule has 0 spiro atoms. The van der Waals surface area contributed by atoms with Crippen molar-refractivity contribution < 1.29 is 19.4 Å². The molecule has 74 valence electrons. The minimum Gasteiger partial charge on any atom is -0.466 e. The maximum atomic E-state index is 10.6. The van der Waals surface area contributed by atoms with Crippen molar-refractivity contribution in [3.05, 3.63) is 24.3 Å². The fourth-order valence-corrected chi connectivity index (χ4v) is 0.604. The van der Waals surface area contributed by atoms with Crippen molar-refractivity contribution >= 4 is 5.97 Å². The predicted octanol–water partition coefficient (Wildman–Crippen LogP) is 0.279. The minimum absolute atomic E-state index is 0.0843. The average Bonchev–Trinajstić information content (AvgIpc) is 2.18. The Morgan fingerprint density at radius 2 is 2.15 bits per heavy atom. The number of hydrogen-bond acceptors (Lipinski definition) is 4. The van der Waals surface area contributed by atoms with Gasteiger partial charge in [0, 0.05) is 13.2 Å². The zero-order valence-corrected chi connectivity index (χ0v) is 7.77. The molecule has 0 amide bonds. The second-order valence-corrected chi connectivity index (χ2v) is 2.22. The SMILES string of the molecule is COC(=O)/C=C/C=C/[C@@H](CO)OC. The molecule has 0 aliphatic rings. The van der Waals surface area contributed by atoms with Gasteiger partial charge >= 0.3 is 5.97 Å². The number of carbonyl (C=O) groups excluding carboxylic acids is 1. The van der Waals surface area contributed by atoms with Gasteiger partial charge in [0.15, 0.2) is 0 Å². The highest BCUT2D eigenvalue weighted by Gasteiger charge is 1.96. The number of allylic oxidation sites excluding steroid dienone is 2. The molecule has 1 atom stereocenters. The molecule has 0 fully saturated rings. The molecule has 0 saturated heterocycles. The van der Waals surface area contributed by atoms with Crippen LogP contribution in [0.25, 0.3) is 0 Å². The molecule has 4 heteroatoms. The fraction of sp³-hybridized carbons (Fsp3) is 0.444. The first-order chi connectivity index (χ1) is 6.24. The van der Waals surface area contributed by atoms with Crippen molar-refractivity contribution in [2.45, 2.75) is 6.10 Å². The van der Waals surface area contributed by atoms with Crippen molar-refractivity contribution in [2.75, 3.05) is 20.8 Å². The summed E-state index contributed by atoms with van der Waals surface area (Å²) in [6.45, 7) is -0.0843. The highest BCUT2D eigenvalue weighted by atomic mass is 16.5. The van der Waals surface area contributed by atoms with Gasteiger partial charge in [-0.05, 0) is 0 Å². The summed E-state index contributed by atoms with van der Waals surface area (Å²) < 4.78 is 9.22. The summed E-state index contributed by atoms with van der Waals surface area (Å²) >= 11 is 0. The van der Waals surface area contributed by atoms with E-state index >= 15 is 0 Å². The highest BCUT2D eigenvalue weighted by Crippen LogP contribution is 1.91. The van der Waals surface area contributed by atoms with Crippen molar-refractivity contribution in [1.29, 1.82) is 0 Å². The maximum Gasteiger partial charge on any atom is 0.330 e. The van der Waals surface area contributed by atoms with E-state index in [9.17, 15) is 4.79 Å². The van der Waals surface area contributed by atoms with Gasteiger partial charge in [-0.25, -0.2) is 4.79 Å². The second kappa shape index (κ2) is 7.52. The first-order valence-electron chi connectivity index (χ1n) is 3.81. The normalized spacial score (nSPS) is 13.8. The second-order valence-electron chi connectivity index (χ2n) is 2.22. The van der Waals surface area contributed by atoms with Gasteiger partial charge in [0.05, 0.1) is 19.8 Å². The number of methoxy groups -OCH3 is 2. The Kier molecular flexibility index (Phi) is 6.86. The van der Waals surface area contributed by atoms with E-state index in [2.05, 4.69) is 4.74 Å². The minimum atomic E-state index is -0.414. The molecule has 0 radical (unpaired) electrons. The van der Waals surface area contributed by atoms with Crippen LogP contribution in [0.2, 0.25) is 0 Å². The third kappa shape index (κ3) is 6.07. The number of ether oxygens (including phenoxy) is 2. The van der Waals surface area contributed by atoms with Gasteiger partial charge in [-0.2, -0.15) is 0 Å². The number of aliphatic hydroxyl groups is 1. The lowest BCUT2D eigenvalue weighted by molar-refractivity contribution is -0.134. The average molecular weight is 186 g/mol. The van der Waals surface area contributed by atoms with Crippen LogP contribution in [0, 0.1) is 0 Å². The molecule has 13 heavy (non-hydrogen) atoms. The van der Waals surface area contributed by atoms with Gasteiger partial charge in [-0.1, -0.05) is 18.2 Å². The van der Waals surface area contributed by atoms with Gasteiger partial charge in [-0.15, -0.1) is 0 Å². The first-order valence-corrected chi connectivity index (χ1v) is 3.81. The lowest BCUT2D eigenvalue weighted by atomic mass is 10.3. The Bertz CT molecular complexity index is 192. The van der Waals surface area contributed by atoms with Crippen molar-refractivity contribution in [1.82, 2.24) is 0 Å². The van der Waals surface area contributed by atoms with Gasteiger partial charge in [0.2, 0.25) is 0 Å². The van der Waals surface area contributed by atoms with Crippen LogP contribution in [-0.2, 0) is 14.3 Å². The number of carbonyl (C=O) groups is 1. The molecule has 0 saturated carbocycles. The molecule has 0 unspecified atom stereocenters. The summed E-state index contributed by atoms with van der Waals surface area (Å²) in [5.41, 5.74) is 0. The molecule has 4 nitrogen and oxygen atoms in total. The van der Waals surface area contributed by atoms with E-state index in [-0.39, 0.29) is 12.7 Å². The Morgan fingerprint density at radius 1 is 1.46 bits per heavy atom. The third-order valence-corrected chi connectivity index (χ3v) is 1.35. The molecule has 0 aliphatic heterocycles. The lowest BCUT2D eigenvalue weighted by Gasteiger charge is -2.04. The lowest BCUT2D eigenvalue weighted by Crippen LogP contribution is -2.11. The Balaban J connectivity index is 3.85. The third-order valence-electron chi connectivity index (χ3n) is 1.35. The molecule has 0 bridgehead atoms. The topological polar surface area (TPSA) is 55.8 Å². The molecule has 0 aliphatic carbocycles. The zero-order chi connectivity index (χ0) is 10.1. The number of aliphatic hydroxyl groups excluding tert-OH is 1. The Morgan fingerprint density at radius 3 is 2.62 bits per heavy atom. The van der Waals surface area contributed by atoms with Crippen molar-refractivity contribution in [3.63, 3.8) is 0 Å². The van der Waals surface area contributed by atoms with Gasteiger partial charge < -0.3 is 14.6 Å². The van der Waals surface area contributed by atoms with Crippen LogP contribution < -0.4 is 0 Å². The van der Waals surface area contributed by atoms with Crippen molar-refractivity contribution in [3.8, 4) is 0 Å². The Hall–Kier alpha value is -1.13. The van der Waals surface area contributed by atoms with Gasteiger partial charge in [0.25, 0.3) is 0 Å². The smallest absolute Gasteiger partial charge is 0.330 e. The summed E-state index contributed by atoms with van der Waals surface area (Å²) in [5, 5.41) is 8.69. The van der Waals surface area contributed by atoms with Gasteiger partial charge in [0.1, 0.15) is 0 Å². The van der Waals surface area contributed by atoms with E-state index in [1.165, 1.54) is 26.4 Å². The first kappa shape index (κ1) is 11.9. The Labute approximate surface area is 77.5 Å². The van der Waals surface area contributed by atoms with E-state index in [0.29, 0.717) is 0 Å². The molecule has 0 rings (SSSR count). The standard InChI is InChI=1S/C9H14O4/c1-12-8(7-10)5-3-4-6-9(11)13-2/h3-6,8,10H,7H2,1-2H3/b5-3+,6-4+/t8-/m0/s1. The molecule has 0 aromatic heterocycles. The van der Waals surface area contributed by atoms with Crippen LogP contribution in [0.4, 0.5) is 0 Å². The number of rotatable bonds is 5. The summed E-state index contributed by atoms with van der Waals surface area (Å²) in [7, 11) is 2.80. The monoisotopic (exact) mass is 186 g/mol. The summed E-state index contributed by atoms with van der Waals surface area (Å²) in [6, 6.07) is 0. The molecular formula is C9H14O4. The van der Waals surface area contributed by atoms with Crippen molar-refractivity contribution in [2.24, 2.45) is 0 Å². The largest absolute Gasteiger partial charge is 0.466 e. The molecule has 0 aromatic rings. The summed E-state index contributed by atoms with van der Waals surface area (Å²) in [4.78, 5) is 10.6. The maximum absolute atomic E-state index is 10.6. The fourth-order valence-electron chi connectivity index (χ4n) is 0.604. The van der Waals surface area contributed by atoms with E-state index in [0.717, 1.165) is 0 Å². The van der Waals surface area contributed by atoms with E-state index in [4.69, 9.17) is 9.84 Å². The van der Waals surface area contributed by atoms with Crippen LogP contribution in [0.15, 0.2) is 24.3 Å². The summed E-state index contributed by atoms with van der Waals surface area (Å²) in [6.07, 6.45) is 5.72. The predicted molar refractivity (Wildman–Crippen MR) is 48.2 cm³/mol. The molecule has 1 N–H and O–H groups in total. The van der Waals surface area contributed by atoms with Crippen LogP contribution in [-0.4, -0.2) is 38.0 Å². The van der Waals surface area contributed by atoms with Crippen LogP contribution in [0.1, 0.15) is 0 Å². The molecule has 0 heterocycles. The van der Waals surface area contributed by atoms with Crippen LogP contribution >= 0.6 is 0 Å². The van der Waals surface area contributed by atoms with E-state index < -0.39 is 5.97 Å². The number of hydrogen-bond donors (Lipinski definition) is 1. The van der Waals surface area contributed by atoms with Crippen LogP contribution in [0.5, 0.6) is 0 Å². The molecule has 0 aromatic carbocycles. The van der Waals surface area contributed by atoms with Gasteiger partial charge in [-0.3, -0.25) is 0 Å². The quantitative estimate of drug-likeness (QED) is 0.380. The highest BCUT2D eigenvalue weighted by molar-refractivity contribution is 5.82. The van der Waals surface area contributed by atoms with Crippen LogP contribution in [0.3, 0.4) is 0 Å². The molecular weight excluding hydrogens is 172 g/mol. The van der Waals surface area contributed by atoms with E-state index in [1.807, 2.05) is 0 Å². The summed E-state index contributed by atoms with van der Waals surface area (Å²) in [5.74, 6) is -0.414. The van der Waals surface area contributed by atoms with E-state index in [1.54, 1.807) is 12.2 Å².